The summed E-state index contributed by atoms with van der Waals surface area (Å²) in [6.45, 7) is 0.554. The highest BCUT2D eigenvalue weighted by Crippen LogP contribution is 2.17. The molecule has 3 heterocycles. The van der Waals surface area contributed by atoms with Gasteiger partial charge in [0.25, 0.3) is 5.91 Å². The summed E-state index contributed by atoms with van der Waals surface area (Å²) in [6.07, 6.45) is 6.45. The van der Waals surface area contributed by atoms with E-state index in [0.717, 1.165) is 34.1 Å². The molecule has 3 N–H and O–H groups in total. The molecule has 0 spiro atoms. The quantitative estimate of drug-likeness (QED) is 0.523. The standard InChI is InChI=1S/C18H18N6O/c1-24-7-5-14(11-24)16-9-17(23-22-16)18(25)19-6-4-12-2-3-13-10-20-21-15(13)8-12/h2-3,5,7-11H,4,6H2,1H3,(H,19,25)(H,20,21)(H,22,23). The summed E-state index contributed by atoms with van der Waals surface area (Å²) in [4.78, 5) is 12.3. The molecule has 126 valence electrons. The van der Waals surface area contributed by atoms with E-state index >= 15 is 0 Å². The van der Waals surface area contributed by atoms with Gasteiger partial charge in [0.2, 0.25) is 0 Å². The Balaban J connectivity index is 1.36. The maximum absolute atomic E-state index is 12.3. The molecule has 0 saturated heterocycles. The van der Waals surface area contributed by atoms with Crippen LogP contribution in [0.4, 0.5) is 0 Å². The molecule has 7 heteroatoms. The predicted octanol–water partition coefficient (Wildman–Crippen LogP) is 2.26. The lowest BCUT2D eigenvalue weighted by molar-refractivity contribution is 0.0949. The van der Waals surface area contributed by atoms with Crippen molar-refractivity contribution < 1.29 is 4.79 Å². The molecule has 0 radical (unpaired) electrons. The summed E-state index contributed by atoms with van der Waals surface area (Å²) in [6, 6.07) is 9.85. The second-order valence-corrected chi connectivity index (χ2v) is 6.03. The maximum atomic E-state index is 12.3. The fraction of sp³-hybridized carbons (Fsp3) is 0.167. The van der Waals surface area contributed by atoms with Crippen LogP contribution in [0.2, 0.25) is 0 Å². The highest BCUT2D eigenvalue weighted by Gasteiger charge is 2.11. The molecule has 0 unspecified atom stereocenters. The largest absolute Gasteiger partial charge is 0.357 e. The van der Waals surface area contributed by atoms with Gasteiger partial charge >= 0.3 is 0 Å². The van der Waals surface area contributed by atoms with Crippen LogP contribution < -0.4 is 5.32 Å². The fourth-order valence-electron chi connectivity index (χ4n) is 2.80. The third-order valence-corrected chi connectivity index (χ3v) is 4.16. The number of carbonyl (C=O) groups is 1. The van der Waals surface area contributed by atoms with Crippen molar-refractivity contribution in [1.29, 1.82) is 0 Å². The molecule has 3 aromatic heterocycles. The number of nitrogens with zero attached hydrogens (tertiary/aromatic N) is 3. The molecular weight excluding hydrogens is 316 g/mol. The van der Waals surface area contributed by atoms with E-state index in [4.69, 9.17) is 0 Å². The summed E-state index contributed by atoms with van der Waals surface area (Å²) in [5, 5.41) is 18.0. The molecule has 0 fully saturated rings. The van der Waals surface area contributed by atoms with E-state index in [0.29, 0.717) is 12.2 Å². The average Bonchev–Trinajstić information content (AvgIpc) is 3.34. The molecule has 1 amide bonds. The van der Waals surface area contributed by atoms with Gasteiger partial charge in [0.05, 0.1) is 17.4 Å². The fourth-order valence-corrected chi connectivity index (χ4v) is 2.80. The molecule has 1 aromatic carbocycles. The molecule has 0 atom stereocenters. The zero-order valence-electron chi connectivity index (χ0n) is 13.8. The Morgan fingerprint density at radius 3 is 3.00 bits per heavy atom. The SMILES string of the molecule is Cn1ccc(-c2cc(C(=O)NCCc3ccc4cn[nH]c4c3)[nH]n2)c1. The van der Waals surface area contributed by atoms with Crippen LogP contribution in [-0.2, 0) is 13.5 Å². The van der Waals surface area contributed by atoms with Crippen molar-refractivity contribution in [2.75, 3.05) is 6.54 Å². The molecule has 0 aliphatic carbocycles. The van der Waals surface area contributed by atoms with Gasteiger partial charge in [-0.1, -0.05) is 12.1 Å². The first kappa shape index (κ1) is 15.2. The monoisotopic (exact) mass is 334 g/mol. The number of benzene rings is 1. The van der Waals surface area contributed by atoms with Crippen molar-refractivity contribution in [3.8, 4) is 11.3 Å². The Morgan fingerprint density at radius 2 is 2.16 bits per heavy atom. The summed E-state index contributed by atoms with van der Waals surface area (Å²) < 4.78 is 1.94. The highest BCUT2D eigenvalue weighted by molar-refractivity contribution is 5.93. The van der Waals surface area contributed by atoms with Crippen LogP contribution in [0.15, 0.2) is 48.9 Å². The number of fused-ring (bicyclic) bond motifs is 1. The predicted molar refractivity (Wildman–Crippen MR) is 95.1 cm³/mol. The summed E-state index contributed by atoms with van der Waals surface area (Å²) in [5.41, 5.74) is 4.35. The van der Waals surface area contributed by atoms with Crippen molar-refractivity contribution in [2.24, 2.45) is 7.05 Å². The molecular formula is C18H18N6O. The van der Waals surface area contributed by atoms with Crippen molar-refractivity contribution in [3.63, 3.8) is 0 Å². The Bertz CT molecular complexity index is 1020. The zero-order chi connectivity index (χ0) is 17.2. The van der Waals surface area contributed by atoms with Gasteiger partial charge in [-0.15, -0.1) is 0 Å². The number of amides is 1. The van der Waals surface area contributed by atoms with Crippen LogP contribution >= 0.6 is 0 Å². The number of aryl methyl sites for hydroxylation is 1. The van der Waals surface area contributed by atoms with E-state index in [2.05, 4.69) is 31.8 Å². The average molecular weight is 334 g/mol. The van der Waals surface area contributed by atoms with Gasteiger partial charge in [-0.05, 0) is 30.2 Å². The van der Waals surface area contributed by atoms with Crippen molar-refractivity contribution in [3.05, 3.63) is 60.2 Å². The summed E-state index contributed by atoms with van der Waals surface area (Å²) in [7, 11) is 1.95. The van der Waals surface area contributed by atoms with E-state index in [9.17, 15) is 4.79 Å². The lowest BCUT2D eigenvalue weighted by atomic mass is 10.1. The van der Waals surface area contributed by atoms with E-state index < -0.39 is 0 Å². The Kier molecular flexibility index (Phi) is 3.81. The first-order valence-corrected chi connectivity index (χ1v) is 8.07. The second-order valence-electron chi connectivity index (χ2n) is 6.03. The lowest BCUT2D eigenvalue weighted by Gasteiger charge is -2.04. The molecule has 7 nitrogen and oxygen atoms in total. The van der Waals surface area contributed by atoms with Crippen LogP contribution in [0, 0.1) is 0 Å². The van der Waals surface area contributed by atoms with Crippen molar-refractivity contribution in [1.82, 2.24) is 30.3 Å². The number of nitrogens with one attached hydrogen (secondary N) is 3. The summed E-state index contributed by atoms with van der Waals surface area (Å²) >= 11 is 0. The van der Waals surface area contributed by atoms with Gasteiger partial charge in [-0.25, -0.2) is 0 Å². The van der Waals surface area contributed by atoms with Crippen molar-refractivity contribution >= 4 is 16.8 Å². The zero-order valence-corrected chi connectivity index (χ0v) is 13.8. The first-order valence-electron chi connectivity index (χ1n) is 8.07. The minimum atomic E-state index is -0.155. The topological polar surface area (TPSA) is 91.4 Å². The minimum absolute atomic E-state index is 0.155. The Morgan fingerprint density at radius 1 is 1.24 bits per heavy atom. The van der Waals surface area contributed by atoms with Crippen molar-refractivity contribution in [2.45, 2.75) is 6.42 Å². The minimum Gasteiger partial charge on any atom is -0.357 e. The van der Waals surface area contributed by atoms with Crippen LogP contribution in [0.3, 0.4) is 0 Å². The normalized spacial score (nSPS) is 11.1. The highest BCUT2D eigenvalue weighted by atomic mass is 16.1. The number of aromatic nitrogens is 5. The molecule has 25 heavy (non-hydrogen) atoms. The second kappa shape index (κ2) is 6.27. The number of H-pyrrole nitrogens is 2. The molecule has 0 saturated carbocycles. The smallest absolute Gasteiger partial charge is 0.269 e. The number of carbonyl (C=O) groups excluding carboxylic acids is 1. The lowest BCUT2D eigenvalue weighted by Crippen LogP contribution is -2.26. The van der Waals surface area contributed by atoms with Crippen LogP contribution in [0.25, 0.3) is 22.2 Å². The van der Waals surface area contributed by atoms with E-state index in [1.165, 1.54) is 0 Å². The van der Waals surface area contributed by atoms with E-state index in [1.807, 2.05) is 42.2 Å². The maximum Gasteiger partial charge on any atom is 0.269 e. The number of hydrogen-bond donors (Lipinski definition) is 3. The van der Waals surface area contributed by atoms with Gasteiger partial charge in [0.15, 0.2) is 0 Å². The molecule has 4 rings (SSSR count). The number of rotatable bonds is 5. The van der Waals surface area contributed by atoms with Crippen LogP contribution in [0.5, 0.6) is 0 Å². The molecule has 4 aromatic rings. The summed E-state index contributed by atoms with van der Waals surface area (Å²) in [5.74, 6) is -0.155. The number of hydrogen-bond acceptors (Lipinski definition) is 3. The van der Waals surface area contributed by atoms with Gasteiger partial charge < -0.3 is 9.88 Å². The molecule has 0 bridgehead atoms. The molecule has 0 aliphatic heterocycles. The first-order chi connectivity index (χ1) is 12.2. The third kappa shape index (κ3) is 3.16. The van der Waals surface area contributed by atoms with Crippen LogP contribution in [-0.4, -0.2) is 37.4 Å². The van der Waals surface area contributed by atoms with Gasteiger partial charge in [-0.2, -0.15) is 10.2 Å². The van der Waals surface area contributed by atoms with E-state index in [1.54, 1.807) is 12.3 Å². The van der Waals surface area contributed by atoms with Gasteiger partial charge in [0, 0.05) is 36.9 Å². The van der Waals surface area contributed by atoms with Gasteiger partial charge in [-0.3, -0.25) is 15.0 Å². The Labute approximate surface area is 144 Å². The van der Waals surface area contributed by atoms with Crippen LogP contribution in [0.1, 0.15) is 16.1 Å². The van der Waals surface area contributed by atoms with E-state index in [-0.39, 0.29) is 5.91 Å². The van der Waals surface area contributed by atoms with Gasteiger partial charge in [0.1, 0.15) is 5.69 Å². The number of aromatic amines is 2. The Hall–Kier alpha value is -3.35. The third-order valence-electron chi connectivity index (χ3n) is 4.16. The molecule has 0 aliphatic rings.